The maximum Gasteiger partial charge on any atom is 0.355 e. The zero-order valence-electron chi connectivity index (χ0n) is 14.1. The van der Waals surface area contributed by atoms with Crippen molar-refractivity contribution in [1.29, 1.82) is 0 Å². The van der Waals surface area contributed by atoms with Crippen LogP contribution in [0.5, 0.6) is 11.5 Å². The molecule has 1 aliphatic heterocycles. The summed E-state index contributed by atoms with van der Waals surface area (Å²) in [5, 5.41) is 4.91. The lowest BCUT2D eigenvalue weighted by Gasteiger charge is -1.99. The van der Waals surface area contributed by atoms with Gasteiger partial charge in [0.1, 0.15) is 18.0 Å². The van der Waals surface area contributed by atoms with E-state index in [0.717, 1.165) is 16.5 Å². The summed E-state index contributed by atoms with van der Waals surface area (Å²) < 4.78 is 21.3. The minimum absolute atomic E-state index is 0.0161. The number of esters is 1. The van der Waals surface area contributed by atoms with Crippen molar-refractivity contribution in [3.63, 3.8) is 0 Å². The third-order valence-corrected chi connectivity index (χ3v) is 4.32. The average molecular weight is 362 g/mol. The molecule has 0 saturated carbocycles. The van der Waals surface area contributed by atoms with Crippen LogP contribution in [0.15, 0.2) is 59.1 Å². The van der Waals surface area contributed by atoms with Crippen LogP contribution in [-0.2, 0) is 11.3 Å². The van der Waals surface area contributed by atoms with Crippen LogP contribution in [0.4, 0.5) is 0 Å². The van der Waals surface area contributed by atoms with Gasteiger partial charge in [0.15, 0.2) is 17.3 Å². The van der Waals surface area contributed by atoms with E-state index in [9.17, 15) is 4.79 Å². The Labute approximate surface area is 153 Å². The Morgan fingerprint density at radius 2 is 1.96 bits per heavy atom. The van der Waals surface area contributed by atoms with Gasteiger partial charge in [-0.25, -0.2) is 4.79 Å². The van der Waals surface area contributed by atoms with E-state index in [2.05, 4.69) is 10.1 Å². The normalized spacial score (nSPS) is 12.4. The van der Waals surface area contributed by atoms with Crippen LogP contribution in [0.3, 0.4) is 0 Å². The molecule has 0 atom stereocenters. The minimum atomic E-state index is -0.446. The van der Waals surface area contributed by atoms with Crippen LogP contribution >= 0.6 is 0 Å². The van der Waals surface area contributed by atoms with Crippen molar-refractivity contribution >= 4 is 16.9 Å². The molecule has 7 heteroatoms. The van der Waals surface area contributed by atoms with Crippen molar-refractivity contribution in [2.24, 2.45) is 0 Å². The molecule has 7 nitrogen and oxygen atoms in total. The molecule has 0 radical (unpaired) electrons. The lowest BCUT2D eigenvalue weighted by atomic mass is 10.1. The van der Waals surface area contributed by atoms with Crippen LogP contribution < -0.4 is 9.47 Å². The van der Waals surface area contributed by atoms with Gasteiger partial charge in [0.2, 0.25) is 6.79 Å². The highest BCUT2D eigenvalue weighted by molar-refractivity contribution is 5.94. The van der Waals surface area contributed by atoms with Crippen molar-refractivity contribution in [3.8, 4) is 22.8 Å². The highest BCUT2D eigenvalue weighted by Crippen LogP contribution is 2.36. The molecule has 0 aliphatic carbocycles. The number of hydrogen-bond acceptors (Lipinski definition) is 6. The molecule has 2 aromatic heterocycles. The van der Waals surface area contributed by atoms with E-state index in [1.54, 1.807) is 12.1 Å². The Bertz CT molecular complexity index is 1110. The number of hydrogen-bond donors (Lipinski definition) is 1. The first kappa shape index (κ1) is 15.5. The summed E-state index contributed by atoms with van der Waals surface area (Å²) in [6, 6.07) is 16.6. The predicted octanol–water partition coefficient (Wildman–Crippen LogP) is 3.91. The first-order valence-electron chi connectivity index (χ1n) is 8.37. The zero-order valence-corrected chi connectivity index (χ0v) is 14.1. The van der Waals surface area contributed by atoms with Crippen LogP contribution in [0.2, 0.25) is 0 Å². The van der Waals surface area contributed by atoms with Gasteiger partial charge in [0, 0.05) is 22.5 Å². The van der Waals surface area contributed by atoms with Crippen molar-refractivity contribution in [2.75, 3.05) is 6.79 Å². The second-order valence-corrected chi connectivity index (χ2v) is 6.10. The van der Waals surface area contributed by atoms with Crippen molar-refractivity contribution in [1.82, 2.24) is 10.1 Å². The van der Waals surface area contributed by atoms with Crippen LogP contribution in [-0.4, -0.2) is 22.9 Å². The fourth-order valence-electron chi connectivity index (χ4n) is 2.97. The van der Waals surface area contributed by atoms with Gasteiger partial charge in [-0.05, 0) is 30.3 Å². The van der Waals surface area contributed by atoms with Crippen LogP contribution in [0.1, 0.15) is 16.2 Å². The average Bonchev–Trinajstić information content (AvgIpc) is 3.44. The smallest absolute Gasteiger partial charge is 0.355 e. The molecule has 4 aromatic rings. The van der Waals surface area contributed by atoms with E-state index in [1.807, 2.05) is 42.5 Å². The molecule has 1 N–H and O–H groups in total. The van der Waals surface area contributed by atoms with Gasteiger partial charge in [-0.1, -0.05) is 23.4 Å². The standard InChI is InChI=1S/C20H14N2O5/c23-20(16-7-12-3-1-2-4-15(12)21-16)24-10-14-9-18(27-22-14)13-5-6-17-19(8-13)26-11-25-17/h1-9,21H,10-11H2. The fraction of sp³-hybridized carbons (Fsp3) is 0.100. The van der Waals surface area contributed by atoms with Gasteiger partial charge in [-0.3, -0.25) is 0 Å². The number of rotatable bonds is 4. The number of aromatic amines is 1. The number of nitrogens with one attached hydrogen (secondary N) is 1. The molecule has 5 rings (SSSR count). The number of aromatic nitrogens is 2. The second-order valence-electron chi connectivity index (χ2n) is 6.10. The fourth-order valence-corrected chi connectivity index (χ4v) is 2.97. The maximum atomic E-state index is 12.3. The van der Waals surface area contributed by atoms with Crippen LogP contribution in [0, 0.1) is 0 Å². The number of fused-ring (bicyclic) bond motifs is 2. The lowest BCUT2D eigenvalue weighted by Crippen LogP contribution is -2.05. The largest absolute Gasteiger partial charge is 0.454 e. The summed E-state index contributed by atoms with van der Waals surface area (Å²) in [4.78, 5) is 15.3. The number of nitrogens with zero attached hydrogens (tertiary/aromatic N) is 1. The van der Waals surface area contributed by atoms with Gasteiger partial charge in [0.05, 0.1) is 0 Å². The van der Waals surface area contributed by atoms with Gasteiger partial charge in [-0.15, -0.1) is 0 Å². The van der Waals surface area contributed by atoms with E-state index in [0.29, 0.717) is 28.6 Å². The summed E-state index contributed by atoms with van der Waals surface area (Å²) in [7, 11) is 0. The molecule has 0 fully saturated rings. The summed E-state index contributed by atoms with van der Waals surface area (Å²) in [5.74, 6) is 1.48. The van der Waals surface area contributed by atoms with E-state index < -0.39 is 5.97 Å². The Hall–Kier alpha value is -3.74. The summed E-state index contributed by atoms with van der Waals surface area (Å²) in [6.07, 6.45) is 0. The van der Waals surface area contributed by atoms with Gasteiger partial charge >= 0.3 is 5.97 Å². The molecule has 27 heavy (non-hydrogen) atoms. The van der Waals surface area contributed by atoms with Gasteiger partial charge < -0.3 is 23.7 Å². The number of benzene rings is 2. The maximum absolute atomic E-state index is 12.3. The molecular weight excluding hydrogens is 348 g/mol. The molecule has 0 saturated heterocycles. The number of ether oxygens (including phenoxy) is 3. The molecule has 0 amide bonds. The van der Waals surface area contributed by atoms with Gasteiger partial charge in [0.25, 0.3) is 0 Å². The molecule has 0 bridgehead atoms. The van der Waals surface area contributed by atoms with Gasteiger partial charge in [-0.2, -0.15) is 0 Å². The third-order valence-electron chi connectivity index (χ3n) is 4.32. The first-order valence-corrected chi connectivity index (χ1v) is 8.37. The van der Waals surface area contributed by atoms with Crippen LogP contribution in [0.25, 0.3) is 22.2 Å². The van der Waals surface area contributed by atoms with Crippen molar-refractivity contribution < 1.29 is 23.5 Å². The number of carbonyl (C=O) groups excluding carboxylic acids is 1. The molecular formula is C20H14N2O5. The Balaban J connectivity index is 1.28. The predicted molar refractivity (Wildman–Crippen MR) is 95.5 cm³/mol. The van der Waals surface area contributed by atoms with Crippen molar-refractivity contribution in [3.05, 3.63) is 66.0 Å². The van der Waals surface area contributed by atoms with E-state index >= 15 is 0 Å². The summed E-state index contributed by atoms with van der Waals surface area (Å²) in [5.41, 5.74) is 2.61. The Kier molecular flexibility index (Phi) is 3.57. The molecule has 134 valence electrons. The quantitative estimate of drug-likeness (QED) is 0.554. The third kappa shape index (κ3) is 2.89. The topological polar surface area (TPSA) is 86.6 Å². The first-order chi connectivity index (χ1) is 13.3. The number of para-hydroxylation sites is 1. The second kappa shape index (κ2) is 6.21. The molecule has 3 heterocycles. The number of H-pyrrole nitrogens is 1. The Morgan fingerprint density at radius 3 is 2.89 bits per heavy atom. The SMILES string of the molecule is O=C(OCc1cc(-c2ccc3c(c2)OCO3)on1)c1cc2ccccc2[nH]1. The highest BCUT2D eigenvalue weighted by atomic mass is 16.7. The zero-order chi connectivity index (χ0) is 18.2. The molecule has 0 unspecified atom stereocenters. The lowest BCUT2D eigenvalue weighted by molar-refractivity contribution is 0.0458. The summed E-state index contributed by atoms with van der Waals surface area (Å²) >= 11 is 0. The van der Waals surface area contributed by atoms with E-state index in [4.69, 9.17) is 18.7 Å². The number of carbonyl (C=O) groups is 1. The molecule has 1 aliphatic rings. The highest BCUT2D eigenvalue weighted by Gasteiger charge is 2.17. The molecule has 0 spiro atoms. The Morgan fingerprint density at radius 1 is 1.07 bits per heavy atom. The van der Waals surface area contributed by atoms with E-state index in [-0.39, 0.29) is 13.4 Å². The van der Waals surface area contributed by atoms with E-state index in [1.165, 1.54) is 0 Å². The minimum Gasteiger partial charge on any atom is -0.454 e. The molecule has 2 aromatic carbocycles. The summed E-state index contributed by atoms with van der Waals surface area (Å²) in [6.45, 7) is 0.229. The van der Waals surface area contributed by atoms with Crippen molar-refractivity contribution in [2.45, 2.75) is 6.61 Å². The monoisotopic (exact) mass is 362 g/mol.